The summed E-state index contributed by atoms with van der Waals surface area (Å²) in [6.45, 7) is 7.80. The molecule has 4 nitrogen and oxygen atoms in total. The van der Waals surface area contributed by atoms with Gasteiger partial charge in [0.1, 0.15) is 6.04 Å². The topological polar surface area (TPSA) is 83.6 Å². The van der Waals surface area contributed by atoms with E-state index >= 15 is 0 Å². The van der Waals surface area contributed by atoms with Gasteiger partial charge in [-0.15, -0.1) is 0 Å². The quantitative estimate of drug-likeness (QED) is 0.613. The molecule has 4 N–H and O–H groups in total. The van der Waals surface area contributed by atoms with E-state index in [1.165, 1.54) is 0 Å². The fourth-order valence-corrected chi connectivity index (χ4v) is 0.285. The van der Waals surface area contributed by atoms with E-state index in [2.05, 4.69) is 0 Å². The van der Waals surface area contributed by atoms with Gasteiger partial charge in [-0.25, -0.2) is 0 Å². The summed E-state index contributed by atoms with van der Waals surface area (Å²) in [5.41, 5.74) is 5.16. The van der Waals surface area contributed by atoms with Crippen LogP contribution in [0.15, 0.2) is 0 Å². The molecule has 4 heteroatoms. The highest BCUT2D eigenvalue weighted by atomic mass is 16.4. The van der Waals surface area contributed by atoms with Crippen molar-refractivity contribution in [1.29, 1.82) is 0 Å². The van der Waals surface area contributed by atoms with Gasteiger partial charge in [0.2, 0.25) is 0 Å². The molecule has 1 atom stereocenters. The van der Waals surface area contributed by atoms with E-state index in [1.807, 2.05) is 13.8 Å². The number of nitrogens with two attached hydrogens (primary N) is 1. The lowest BCUT2D eigenvalue weighted by molar-refractivity contribution is -0.139. The van der Waals surface area contributed by atoms with Crippen LogP contribution in [-0.4, -0.2) is 28.8 Å². The highest BCUT2D eigenvalue weighted by Crippen LogP contribution is 1.96. The first kappa shape index (κ1) is 14.9. The lowest BCUT2D eigenvalue weighted by Crippen LogP contribution is -2.34. The number of aliphatic hydroxyl groups is 1. The van der Waals surface area contributed by atoms with E-state index in [9.17, 15) is 4.79 Å². The van der Waals surface area contributed by atoms with Crippen molar-refractivity contribution < 1.29 is 15.0 Å². The van der Waals surface area contributed by atoms with Crippen LogP contribution in [0.2, 0.25) is 0 Å². The molecule has 0 aliphatic carbocycles. The Kier molecular flexibility index (Phi) is 9.17. The molecule has 0 heterocycles. The Labute approximate surface area is 79.8 Å². The van der Waals surface area contributed by atoms with Crippen LogP contribution in [0, 0.1) is 11.8 Å². The van der Waals surface area contributed by atoms with Crippen molar-refractivity contribution in [3.63, 3.8) is 0 Å². The number of aliphatic carboxylic acids is 1. The molecule has 0 aliphatic rings. The maximum absolute atomic E-state index is 10.0. The third kappa shape index (κ3) is 11.4. The van der Waals surface area contributed by atoms with Crippen LogP contribution in [0.5, 0.6) is 0 Å². The van der Waals surface area contributed by atoms with Gasteiger partial charge in [0.05, 0.1) is 0 Å². The first-order chi connectivity index (χ1) is 5.82. The van der Waals surface area contributed by atoms with Gasteiger partial charge in [-0.2, -0.15) is 0 Å². The van der Waals surface area contributed by atoms with Gasteiger partial charge in [0.25, 0.3) is 0 Å². The molecule has 0 rings (SSSR count). The predicted molar refractivity (Wildman–Crippen MR) is 52.4 cm³/mol. The van der Waals surface area contributed by atoms with Crippen LogP contribution < -0.4 is 5.73 Å². The molecule has 0 saturated carbocycles. The smallest absolute Gasteiger partial charge is 0.320 e. The minimum atomic E-state index is -0.931. The maximum atomic E-state index is 10.0. The molecule has 0 aliphatic heterocycles. The zero-order valence-corrected chi connectivity index (χ0v) is 8.82. The second kappa shape index (κ2) is 8.01. The lowest BCUT2D eigenvalue weighted by atomic mass is 10.1. The number of carboxylic acid groups (broad SMARTS) is 1. The molecule has 13 heavy (non-hydrogen) atoms. The van der Waals surface area contributed by atoms with Gasteiger partial charge in [-0.3, -0.25) is 4.79 Å². The standard InChI is InChI=1S/C5H11NO2.C4H10O/c1-3(2)4(6)5(7)8;1-4(2)3-5/h3-4H,6H2,1-2H3,(H,7,8);4-5H,3H2,1-2H3. The summed E-state index contributed by atoms with van der Waals surface area (Å²) in [6, 6.07) is -0.713. The first-order valence-corrected chi connectivity index (χ1v) is 4.42. The third-order valence-corrected chi connectivity index (χ3v) is 1.37. The summed E-state index contributed by atoms with van der Waals surface area (Å²) in [4.78, 5) is 10.0. The second-order valence-electron chi connectivity index (χ2n) is 3.68. The molecule has 80 valence electrons. The average molecular weight is 191 g/mol. The SMILES string of the molecule is CC(C)C(N)C(=O)O.CC(C)CO. The number of carbonyl (C=O) groups is 1. The van der Waals surface area contributed by atoms with Crippen molar-refractivity contribution in [3.05, 3.63) is 0 Å². The number of aliphatic hydroxyl groups excluding tert-OH is 1. The van der Waals surface area contributed by atoms with E-state index < -0.39 is 12.0 Å². The number of carboxylic acids is 1. The fourth-order valence-electron chi connectivity index (χ4n) is 0.285. The highest BCUT2D eigenvalue weighted by Gasteiger charge is 2.14. The van der Waals surface area contributed by atoms with Gasteiger partial charge in [0.15, 0.2) is 0 Å². The van der Waals surface area contributed by atoms with Crippen molar-refractivity contribution in [2.75, 3.05) is 6.61 Å². The molecule has 0 aromatic rings. The summed E-state index contributed by atoms with van der Waals surface area (Å²) >= 11 is 0. The van der Waals surface area contributed by atoms with Crippen LogP contribution in [-0.2, 0) is 4.79 Å². The van der Waals surface area contributed by atoms with Crippen LogP contribution >= 0.6 is 0 Å². The summed E-state index contributed by atoms with van der Waals surface area (Å²) in [5, 5.41) is 16.4. The van der Waals surface area contributed by atoms with Crippen LogP contribution in [0.1, 0.15) is 27.7 Å². The molecule has 0 radical (unpaired) electrons. The Morgan fingerprint density at radius 1 is 1.31 bits per heavy atom. The molecular formula is C9H21NO3. The summed E-state index contributed by atoms with van der Waals surface area (Å²) < 4.78 is 0. The Morgan fingerprint density at radius 3 is 1.62 bits per heavy atom. The average Bonchev–Trinajstić information content (AvgIpc) is 2.03. The lowest BCUT2D eigenvalue weighted by Gasteiger charge is -2.07. The van der Waals surface area contributed by atoms with Crippen LogP contribution in [0.25, 0.3) is 0 Å². The van der Waals surface area contributed by atoms with Gasteiger partial charge >= 0.3 is 5.97 Å². The van der Waals surface area contributed by atoms with E-state index in [0.717, 1.165) is 0 Å². The number of rotatable bonds is 3. The molecule has 0 aromatic heterocycles. The molecule has 1 unspecified atom stereocenters. The van der Waals surface area contributed by atoms with Crippen molar-refractivity contribution in [2.24, 2.45) is 17.6 Å². The second-order valence-corrected chi connectivity index (χ2v) is 3.68. The Hall–Kier alpha value is -0.610. The van der Waals surface area contributed by atoms with Crippen molar-refractivity contribution in [1.82, 2.24) is 0 Å². The maximum Gasteiger partial charge on any atom is 0.320 e. The summed E-state index contributed by atoms with van der Waals surface area (Å²) in [6.07, 6.45) is 0. The highest BCUT2D eigenvalue weighted by molar-refractivity contribution is 5.73. The van der Waals surface area contributed by atoms with E-state index in [1.54, 1.807) is 13.8 Å². The molecular weight excluding hydrogens is 170 g/mol. The minimum absolute atomic E-state index is 0.0208. The molecule has 0 saturated heterocycles. The minimum Gasteiger partial charge on any atom is -0.480 e. The van der Waals surface area contributed by atoms with Gasteiger partial charge in [0, 0.05) is 6.61 Å². The van der Waals surface area contributed by atoms with Crippen LogP contribution in [0.3, 0.4) is 0 Å². The predicted octanol–water partition coefficient (Wildman–Crippen LogP) is 0.689. The summed E-state index contributed by atoms with van der Waals surface area (Å²) in [5.74, 6) is -0.470. The molecule has 0 amide bonds. The first-order valence-electron chi connectivity index (χ1n) is 4.42. The third-order valence-electron chi connectivity index (χ3n) is 1.37. The van der Waals surface area contributed by atoms with Crippen molar-refractivity contribution in [3.8, 4) is 0 Å². The Morgan fingerprint density at radius 2 is 1.62 bits per heavy atom. The fraction of sp³-hybridized carbons (Fsp3) is 0.889. The Balaban J connectivity index is 0. The van der Waals surface area contributed by atoms with E-state index in [4.69, 9.17) is 15.9 Å². The monoisotopic (exact) mass is 191 g/mol. The van der Waals surface area contributed by atoms with E-state index in [-0.39, 0.29) is 5.92 Å². The molecule has 0 bridgehead atoms. The number of hydrogen-bond acceptors (Lipinski definition) is 3. The normalized spacial score (nSPS) is 12.3. The molecule has 0 fully saturated rings. The van der Waals surface area contributed by atoms with Gasteiger partial charge < -0.3 is 15.9 Å². The zero-order chi connectivity index (χ0) is 11.0. The molecule has 0 aromatic carbocycles. The Bertz CT molecular complexity index is 135. The van der Waals surface area contributed by atoms with Crippen molar-refractivity contribution >= 4 is 5.97 Å². The summed E-state index contributed by atoms with van der Waals surface area (Å²) in [7, 11) is 0. The largest absolute Gasteiger partial charge is 0.480 e. The van der Waals surface area contributed by atoms with E-state index in [0.29, 0.717) is 12.5 Å². The molecule has 0 spiro atoms. The van der Waals surface area contributed by atoms with Gasteiger partial charge in [-0.1, -0.05) is 27.7 Å². The van der Waals surface area contributed by atoms with Crippen LogP contribution in [0.4, 0.5) is 0 Å². The van der Waals surface area contributed by atoms with Gasteiger partial charge in [-0.05, 0) is 11.8 Å². The number of hydrogen-bond donors (Lipinski definition) is 3. The van der Waals surface area contributed by atoms with Crippen molar-refractivity contribution in [2.45, 2.75) is 33.7 Å². The zero-order valence-electron chi connectivity index (χ0n) is 8.82.